The summed E-state index contributed by atoms with van der Waals surface area (Å²) in [6, 6.07) is 80.3. The first-order valence-electron chi connectivity index (χ1n) is 26.0. The topological polar surface area (TPSA) is 51.6 Å². The molecule has 358 valence electrons. The molecule has 0 N–H and O–H groups in total. The highest BCUT2D eigenvalue weighted by molar-refractivity contribution is 7.26. The highest BCUT2D eigenvalue weighted by Crippen LogP contribution is 2.51. The molecule has 5 heteroatoms. The van der Waals surface area contributed by atoms with Crippen molar-refractivity contribution < 1.29 is 0 Å². The molecule has 0 aliphatic carbocycles. The number of hydrogen-bond donors (Lipinski definition) is 0. The molecule has 5 heterocycles. The van der Waals surface area contributed by atoms with E-state index in [0.29, 0.717) is 0 Å². The van der Waals surface area contributed by atoms with Gasteiger partial charge in [0.15, 0.2) is 0 Å². The van der Waals surface area contributed by atoms with Crippen LogP contribution < -0.4 is 0 Å². The van der Waals surface area contributed by atoms with Gasteiger partial charge < -0.3 is 0 Å². The van der Waals surface area contributed by atoms with E-state index < -0.39 is 0 Å². The summed E-state index contributed by atoms with van der Waals surface area (Å²) < 4.78 is 2.52. The molecule has 0 amide bonds. The summed E-state index contributed by atoms with van der Waals surface area (Å²) in [4.78, 5) is 18.1. The minimum atomic E-state index is 1.07. The van der Waals surface area contributed by atoms with E-state index in [-0.39, 0.29) is 0 Å². The van der Waals surface area contributed by atoms with Crippen molar-refractivity contribution in [1.29, 1.82) is 0 Å². The van der Waals surface area contributed by atoms with Gasteiger partial charge in [0.1, 0.15) is 0 Å². The van der Waals surface area contributed by atoms with E-state index >= 15 is 0 Å². The molecule has 0 unspecified atom stereocenters. The first-order valence-corrected chi connectivity index (χ1v) is 26.8. The van der Waals surface area contributed by atoms with Crippen molar-refractivity contribution in [3.63, 3.8) is 0 Å². The second-order valence-corrected chi connectivity index (χ2v) is 20.8. The fraction of sp³-hybridized carbons (Fsp3) is 0. The van der Waals surface area contributed by atoms with Crippen molar-refractivity contribution in [1.82, 2.24) is 19.9 Å². The first-order chi connectivity index (χ1) is 38.2. The van der Waals surface area contributed by atoms with E-state index in [1.54, 1.807) is 0 Å². The van der Waals surface area contributed by atoms with Crippen LogP contribution in [0.2, 0.25) is 0 Å². The Morgan fingerprint density at radius 3 is 0.935 bits per heavy atom. The second kappa shape index (κ2) is 18.5. The molecule has 0 fully saturated rings. The van der Waals surface area contributed by atoms with E-state index in [0.717, 1.165) is 55.6 Å². The number of thiophene rings is 1. The number of rotatable bonds is 8. The molecule has 0 radical (unpaired) electrons. The van der Waals surface area contributed by atoms with Gasteiger partial charge in [-0.25, -0.2) is 0 Å². The van der Waals surface area contributed by atoms with Crippen LogP contribution >= 0.6 is 11.3 Å². The molecule has 0 aliphatic rings. The van der Waals surface area contributed by atoms with Crippen LogP contribution in [0.1, 0.15) is 0 Å². The molecular weight excluding hydrogens is 953 g/mol. The zero-order valence-electron chi connectivity index (χ0n) is 41.6. The Labute approximate surface area is 448 Å². The maximum absolute atomic E-state index is 4.52. The second-order valence-electron chi connectivity index (χ2n) is 19.7. The minimum absolute atomic E-state index is 1.07. The van der Waals surface area contributed by atoms with Crippen LogP contribution in [0.15, 0.2) is 268 Å². The van der Waals surface area contributed by atoms with Crippen molar-refractivity contribution in [2.45, 2.75) is 0 Å². The monoisotopic (exact) mass is 996 g/mol. The highest BCUT2D eigenvalue weighted by atomic mass is 32.1. The Kier molecular flexibility index (Phi) is 10.7. The predicted molar refractivity (Wildman–Crippen MR) is 324 cm³/mol. The van der Waals surface area contributed by atoms with Crippen LogP contribution in [-0.2, 0) is 0 Å². The third-order valence-corrected chi connectivity index (χ3v) is 16.5. The summed E-state index contributed by atoms with van der Waals surface area (Å²) in [7, 11) is 0. The smallest absolute Gasteiger partial charge is 0.0361 e. The van der Waals surface area contributed by atoms with Gasteiger partial charge in [0.2, 0.25) is 0 Å². The third kappa shape index (κ3) is 7.58. The lowest BCUT2D eigenvalue weighted by Gasteiger charge is -2.20. The summed E-state index contributed by atoms with van der Waals surface area (Å²) in [5.41, 5.74) is 18.4. The Balaban J connectivity index is 0.922. The zero-order chi connectivity index (χ0) is 50.8. The van der Waals surface area contributed by atoms with Crippen LogP contribution in [0.4, 0.5) is 0 Å². The fourth-order valence-corrected chi connectivity index (χ4v) is 13.2. The van der Waals surface area contributed by atoms with Gasteiger partial charge in [0.05, 0.1) is 0 Å². The molecule has 0 saturated heterocycles. The number of fused-ring (bicyclic) bond motifs is 7. The largest absolute Gasteiger partial charge is 0.264 e. The van der Waals surface area contributed by atoms with Crippen molar-refractivity contribution >= 4 is 74.6 Å². The van der Waals surface area contributed by atoms with Crippen molar-refractivity contribution in [3.05, 3.63) is 268 Å². The molecule has 5 aromatic heterocycles. The minimum Gasteiger partial charge on any atom is -0.264 e. The SMILES string of the molecule is c1cncc(-c2cc(-c3cccnc3)cc(-c3c4ccccc4c(-c4ccc5c(c4)sc4cccc(-c6c7ccccc7c(-c7cc(-c8cccnc8)cc(-c8cccnc8)c7)c7ccccc67)c45)c4ccccc34)c2)c1. The molecule has 10 aromatic carbocycles. The van der Waals surface area contributed by atoms with Gasteiger partial charge in [0, 0.05) is 92.0 Å². The van der Waals surface area contributed by atoms with Crippen molar-refractivity contribution in [3.8, 4) is 89.0 Å². The van der Waals surface area contributed by atoms with E-state index in [9.17, 15) is 0 Å². The molecule has 0 bridgehead atoms. The van der Waals surface area contributed by atoms with Gasteiger partial charge in [-0.15, -0.1) is 11.3 Å². The molecule has 0 atom stereocenters. The lowest BCUT2D eigenvalue weighted by atomic mass is 9.83. The van der Waals surface area contributed by atoms with Gasteiger partial charge in [0.25, 0.3) is 0 Å². The predicted octanol–water partition coefficient (Wildman–Crippen LogP) is 19.6. The molecule has 77 heavy (non-hydrogen) atoms. The lowest BCUT2D eigenvalue weighted by molar-refractivity contribution is 1.32. The maximum atomic E-state index is 4.52. The lowest BCUT2D eigenvalue weighted by Crippen LogP contribution is -1.93. The summed E-state index contributed by atoms with van der Waals surface area (Å²) in [6.07, 6.45) is 15.1. The Bertz CT molecular complexity index is 4550. The highest BCUT2D eigenvalue weighted by Gasteiger charge is 2.23. The van der Waals surface area contributed by atoms with Gasteiger partial charge in [-0.2, -0.15) is 0 Å². The first kappa shape index (κ1) is 44.5. The standard InChI is InChI=1S/C72H44N4S/c1-3-20-58-56(18-1)68(57-19-2-4-21-59(57)69(58)54-36-50(46-14-10-30-73-41-46)34-51(37-54)47-15-11-31-74-42-47)45-28-29-64-67(40-45)77-66-27-9-26-65(72(64)66)71-62-24-7-5-22-60(62)70(61-23-6-8-25-63(61)71)55-38-52(48-16-12-32-75-43-48)35-53(39-55)49-17-13-33-76-44-49/h1-44H. The fourth-order valence-electron chi connectivity index (χ4n) is 12.0. The number of pyridine rings is 4. The van der Waals surface area contributed by atoms with Crippen LogP contribution in [0.3, 0.4) is 0 Å². The average Bonchev–Trinajstić information content (AvgIpc) is 4.13. The molecule has 0 saturated carbocycles. The van der Waals surface area contributed by atoms with Crippen LogP contribution in [0.5, 0.6) is 0 Å². The van der Waals surface area contributed by atoms with Gasteiger partial charge in [-0.1, -0.05) is 146 Å². The van der Waals surface area contributed by atoms with Crippen LogP contribution in [0.25, 0.3) is 152 Å². The van der Waals surface area contributed by atoms with Gasteiger partial charge in [-0.05, 0) is 183 Å². The molecule has 0 aliphatic heterocycles. The Morgan fingerprint density at radius 2 is 0.571 bits per heavy atom. The average molecular weight is 997 g/mol. The van der Waals surface area contributed by atoms with Crippen LogP contribution in [-0.4, -0.2) is 19.9 Å². The quantitative estimate of drug-likeness (QED) is 0.142. The van der Waals surface area contributed by atoms with E-state index in [1.165, 1.54) is 96.6 Å². The Morgan fingerprint density at radius 1 is 0.221 bits per heavy atom. The number of hydrogen-bond acceptors (Lipinski definition) is 5. The summed E-state index contributed by atoms with van der Waals surface area (Å²) >= 11 is 1.88. The number of benzene rings is 10. The van der Waals surface area contributed by atoms with E-state index in [2.05, 4.69) is 214 Å². The normalized spacial score (nSPS) is 11.6. The molecule has 15 aromatic rings. The molecular formula is C72H44N4S. The van der Waals surface area contributed by atoms with Gasteiger partial charge >= 0.3 is 0 Å². The van der Waals surface area contributed by atoms with Crippen molar-refractivity contribution in [2.24, 2.45) is 0 Å². The summed E-state index contributed by atoms with van der Waals surface area (Å²) in [5.74, 6) is 0. The van der Waals surface area contributed by atoms with E-state index in [1.807, 2.05) is 85.2 Å². The Hall–Kier alpha value is -9.94. The summed E-state index contributed by atoms with van der Waals surface area (Å²) in [6.45, 7) is 0. The zero-order valence-corrected chi connectivity index (χ0v) is 42.4. The maximum Gasteiger partial charge on any atom is 0.0361 e. The number of nitrogens with zero attached hydrogens (tertiary/aromatic N) is 4. The molecule has 0 spiro atoms. The van der Waals surface area contributed by atoms with E-state index in [4.69, 9.17) is 0 Å². The van der Waals surface area contributed by atoms with Crippen LogP contribution in [0, 0.1) is 0 Å². The van der Waals surface area contributed by atoms with Gasteiger partial charge in [-0.3, -0.25) is 19.9 Å². The number of aromatic nitrogens is 4. The van der Waals surface area contributed by atoms with Crippen molar-refractivity contribution in [2.75, 3.05) is 0 Å². The summed E-state index contributed by atoms with van der Waals surface area (Å²) in [5, 5.41) is 12.2. The molecule has 15 rings (SSSR count). The molecule has 4 nitrogen and oxygen atoms in total. The third-order valence-electron chi connectivity index (χ3n) is 15.3.